The third kappa shape index (κ3) is 8.99. The Morgan fingerprint density at radius 2 is 1.89 bits per heavy atom. The summed E-state index contributed by atoms with van der Waals surface area (Å²) in [7, 11) is 0. The van der Waals surface area contributed by atoms with Crippen LogP contribution in [0.1, 0.15) is 25.8 Å². The molecule has 2 atom stereocenters. The van der Waals surface area contributed by atoms with Gasteiger partial charge in [0.05, 0.1) is 6.10 Å². The van der Waals surface area contributed by atoms with Crippen LogP contribution in [-0.2, 0) is 4.79 Å². The van der Waals surface area contributed by atoms with E-state index in [4.69, 9.17) is 15.3 Å². The van der Waals surface area contributed by atoms with Crippen LogP contribution in [0.3, 0.4) is 0 Å². The smallest absolute Gasteiger partial charge is 0.328 e. The number of aliphatic hydroxyl groups is 2. The van der Waals surface area contributed by atoms with E-state index >= 15 is 0 Å². The molecule has 0 aliphatic rings. The molecule has 0 amide bonds. The van der Waals surface area contributed by atoms with Crippen molar-refractivity contribution >= 4 is 12.0 Å². The van der Waals surface area contributed by atoms with Crippen LogP contribution < -0.4 is 0 Å². The Hall–Kier alpha value is -1.65. The molecule has 1 rings (SSSR count). The van der Waals surface area contributed by atoms with Crippen LogP contribution in [0.5, 0.6) is 0 Å². The third-order valence-corrected chi connectivity index (χ3v) is 2.58. The van der Waals surface area contributed by atoms with Crippen LogP contribution in [0, 0.1) is 5.92 Å². The predicted molar refractivity (Wildman–Crippen MR) is 75.7 cm³/mol. The molecular weight excluding hydrogens is 244 g/mol. The first-order valence-corrected chi connectivity index (χ1v) is 6.26. The quantitative estimate of drug-likeness (QED) is 0.714. The highest BCUT2D eigenvalue weighted by Crippen LogP contribution is 2.03. The number of carboxylic acid groups (broad SMARTS) is 1. The van der Waals surface area contributed by atoms with Crippen LogP contribution in [0.25, 0.3) is 6.08 Å². The average molecular weight is 266 g/mol. The monoisotopic (exact) mass is 266 g/mol. The first-order chi connectivity index (χ1) is 9.01. The lowest BCUT2D eigenvalue weighted by molar-refractivity contribution is -0.131. The van der Waals surface area contributed by atoms with Crippen LogP contribution in [0.2, 0.25) is 0 Å². The van der Waals surface area contributed by atoms with Crippen molar-refractivity contribution in [3.8, 4) is 0 Å². The van der Waals surface area contributed by atoms with Crippen molar-refractivity contribution < 1.29 is 20.1 Å². The summed E-state index contributed by atoms with van der Waals surface area (Å²) in [6.07, 6.45) is 3.07. The summed E-state index contributed by atoms with van der Waals surface area (Å²) < 4.78 is 0. The molecule has 19 heavy (non-hydrogen) atoms. The highest BCUT2D eigenvalue weighted by atomic mass is 16.4. The molecule has 2 unspecified atom stereocenters. The summed E-state index contributed by atoms with van der Waals surface area (Å²) >= 11 is 0. The minimum atomic E-state index is -0.922. The van der Waals surface area contributed by atoms with Gasteiger partial charge in [0.2, 0.25) is 0 Å². The molecule has 0 radical (unpaired) electrons. The molecule has 0 bridgehead atoms. The highest BCUT2D eigenvalue weighted by Gasteiger charge is 2.08. The summed E-state index contributed by atoms with van der Waals surface area (Å²) in [6, 6.07) is 9.31. The second kappa shape index (κ2) is 10.3. The van der Waals surface area contributed by atoms with E-state index in [0.29, 0.717) is 0 Å². The Labute approximate surface area is 114 Å². The number of carboxylic acids is 1. The molecule has 0 heterocycles. The first kappa shape index (κ1) is 17.4. The largest absolute Gasteiger partial charge is 0.478 e. The van der Waals surface area contributed by atoms with E-state index in [1.807, 2.05) is 44.2 Å². The normalized spacial score (nSPS) is 13.5. The first-order valence-electron chi connectivity index (χ1n) is 6.26. The fourth-order valence-corrected chi connectivity index (χ4v) is 1.26. The molecule has 3 N–H and O–H groups in total. The summed E-state index contributed by atoms with van der Waals surface area (Å²) in [5.41, 5.74) is 0.898. The molecule has 0 spiro atoms. The molecule has 0 aromatic heterocycles. The molecule has 0 fully saturated rings. The summed E-state index contributed by atoms with van der Waals surface area (Å²) in [6.45, 7) is 3.81. The maximum Gasteiger partial charge on any atom is 0.328 e. The average Bonchev–Trinajstić information content (AvgIpc) is 2.45. The molecule has 0 saturated carbocycles. The Morgan fingerprint density at radius 3 is 2.26 bits per heavy atom. The van der Waals surface area contributed by atoms with Crippen molar-refractivity contribution in [1.82, 2.24) is 0 Å². The second-order valence-electron chi connectivity index (χ2n) is 4.22. The molecule has 0 aliphatic heterocycles. The van der Waals surface area contributed by atoms with Gasteiger partial charge in [0.1, 0.15) is 0 Å². The molecule has 1 aromatic carbocycles. The van der Waals surface area contributed by atoms with Gasteiger partial charge in [0.15, 0.2) is 0 Å². The molecule has 4 nitrogen and oxygen atoms in total. The minimum absolute atomic E-state index is 0.0278. The van der Waals surface area contributed by atoms with Crippen molar-refractivity contribution in [3.63, 3.8) is 0 Å². The van der Waals surface area contributed by atoms with E-state index in [-0.39, 0.29) is 18.6 Å². The highest BCUT2D eigenvalue weighted by molar-refractivity contribution is 5.85. The Kier molecular flexibility index (Phi) is 9.40. The van der Waals surface area contributed by atoms with E-state index in [0.717, 1.165) is 18.1 Å². The van der Waals surface area contributed by atoms with Gasteiger partial charge in [-0.1, -0.05) is 44.2 Å². The SMILES string of the molecule is CCC(O)C(C)CO.O=C(O)C=Cc1ccccc1. The maximum atomic E-state index is 10.1. The molecule has 4 heteroatoms. The third-order valence-electron chi connectivity index (χ3n) is 2.58. The van der Waals surface area contributed by atoms with Crippen LogP contribution in [0.15, 0.2) is 36.4 Å². The van der Waals surface area contributed by atoms with Gasteiger partial charge < -0.3 is 15.3 Å². The lowest BCUT2D eigenvalue weighted by Crippen LogP contribution is -2.19. The zero-order valence-corrected chi connectivity index (χ0v) is 11.4. The van der Waals surface area contributed by atoms with Crippen LogP contribution in [-0.4, -0.2) is 34.0 Å². The van der Waals surface area contributed by atoms with E-state index in [9.17, 15) is 4.79 Å². The zero-order valence-electron chi connectivity index (χ0n) is 11.4. The Balaban J connectivity index is 0.000000362. The van der Waals surface area contributed by atoms with E-state index in [1.54, 1.807) is 6.08 Å². The molecule has 0 aliphatic carbocycles. The standard InChI is InChI=1S/C9H8O2.C6H14O2/c10-9(11)7-6-8-4-2-1-3-5-8;1-3-6(8)5(2)4-7/h1-7H,(H,10,11);5-8H,3-4H2,1-2H3. The van der Waals surface area contributed by atoms with Crippen molar-refractivity contribution in [2.75, 3.05) is 6.61 Å². The lowest BCUT2D eigenvalue weighted by atomic mass is 10.0. The fraction of sp³-hybridized carbons (Fsp3) is 0.400. The number of hydrogen-bond donors (Lipinski definition) is 3. The molecular formula is C15H22O4. The van der Waals surface area contributed by atoms with Crippen molar-refractivity contribution in [2.24, 2.45) is 5.92 Å². The Bertz CT molecular complexity index is 365. The fourth-order valence-electron chi connectivity index (χ4n) is 1.26. The van der Waals surface area contributed by atoms with Gasteiger partial charge in [-0.05, 0) is 18.1 Å². The van der Waals surface area contributed by atoms with Gasteiger partial charge in [0, 0.05) is 18.6 Å². The summed E-state index contributed by atoms with van der Waals surface area (Å²) in [5.74, 6) is -0.895. The molecule has 1 aromatic rings. The lowest BCUT2D eigenvalue weighted by Gasteiger charge is -2.12. The van der Waals surface area contributed by atoms with Crippen molar-refractivity contribution in [1.29, 1.82) is 0 Å². The van der Waals surface area contributed by atoms with E-state index in [2.05, 4.69) is 0 Å². The van der Waals surface area contributed by atoms with Crippen molar-refractivity contribution in [2.45, 2.75) is 26.4 Å². The number of aliphatic carboxylic acids is 1. The number of carbonyl (C=O) groups is 1. The van der Waals surface area contributed by atoms with Gasteiger partial charge in [-0.3, -0.25) is 0 Å². The number of aliphatic hydroxyl groups excluding tert-OH is 2. The van der Waals surface area contributed by atoms with Crippen LogP contribution >= 0.6 is 0 Å². The zero-order chi connectivity index (χ0) is 14.7. The second-order valence-corrected chi connectivity index (χ2v) is 4.22. The van der Waals surface area contributed by atoms with Gasteiger partial charge in [-0.15, -0.1) is 0 Å². The van der Waals surface area contributed by atoms with Gasteiger partial charge >= 0.3 is 5.97 Å². The van der Waals surface area contributed by atoms with Gasteiger partial charge in [-0.25, -0.2) is 4.79 Å². The van der Waals surface area contributed by atoms with Crippen molar-refractivity contribution in [3.05, 3.63) is 42.0 Å². The summed E-state index contributed by atoms with van der Waals surface area (Å²) in [5, 5.41) is 25.7. The minimum Gasteiger partial charge on any atom is -0.478 e. The summed E-state index contributed by atoms with van der Waals surface area (Å²) in [4.78, 5) is 10.1. The van der Waals surface area contributed by atoms with Gasteiger partial charge in [0.25, 0.3) is 0 Å². The predicted octanol–water partition coefficient (Wildman–Crippen LogP) is 2.17. The van der Waals surface area contributed by atoms with Gasteiger partial charge in [-0.2, -0.15) is 0 Å². The number of hydrogen-bond acceptors (Lipinski definition) is 3. The topological polar surface area (TPSA) is 77.8 Å². The number of rotatable bonds is 5. The van der Waals surface area contributed by atoms with E-state index in [1.165, 1.54) is 0 Å². The molecule has 106 valence electrons. The number of benzene rings is 1. The van der Waals surface area contributed by atoms with Crippen LogP contribution in [0.4, 0.5) is 0 Å². The van der Waals surface area contributed by atoms with E-state index < -0.39 is 5.97 Å². The Morgan fingerprint density at radius 1 is 1.32 bits per heavy atom. The molecule has 0 saturated heterocycles. The maximum absolute atomic E-state index is 10.1.